The second-order valence-electron chi connectivity index (χ2n) is 3.14. The Kier molecular flexibility index (Phi) is 3.07. The predicted molar refractivity (Wildman–Crippen MR) is 54.2 cm³/mol. The van der Waals surface area contributed by atoms with Crippen LogP contribution in [-0.4, -0.2) is 5.78 Å². The fourth-order valence-corrected chi connectivity index (χ4v) is 1.51. The van der Waals surface area contributed by atoms with Crippen LogP contribution in [0.2, 0.25) is 0 Å². The first-order chi connectivity index (χ1) is 5.77. The van der Waals surface area contributed by atoms with E-state index in [0.29, 0.717) is 0 Å². The molecule has 70 valence electrons. The number of benzene rings is 1. The molecule has 0 bridgehead atoms. The third-order valence-corrected chi connectivity index (χ3v) is 2.24. The van der Waals surface area contributed by atoms with Crippen LogP contribution in [0.25, 0.3) is 0 Å². The van der Waals surface area contributed by atoms with Crippen LogP contribution in [-0.2, 0) is 13.1 Å². The van der Waals surface area contributed by atoms with Crippen molar-refractivity contribution in [2.24, 2.45) is 0 Å². The van der Waals surface area contributed by atoms with Gasteiger partial charge in [-0.05, 0) is 24.1 Å². The second-order valence-corrected chi connectivity index (χ2v) is 3.14. The molecule has 1 aromatic carbocycles. The van der Waals surface area contributed by atoms with Gasteiger partial charge in [0.05, 0.1) is 0 Å². The molecule has 0 aromatic heterocycles. The fraction of sp³-hybridized carbons (Fsp3) is 0.300. The Hall–Kier alpha value is -0.860. The zero-order chi connectivity index (χ0) is 8.55. The molecule has 13 heavy (non-hydrogen) atoms. The average Bonchev–Trinajstić information content (AvgIpc) is 2.49. The van der Waals surface area contributed by atoms with Crippen molar-refractivity contribution in [1.82, 2.24) is 5.32 Å². The molecule has 0 unspecified atom stereocenters. The van der Waals surface area contributed by atoms with Gasteiger partial charge in [-0.25, -0.2) is 0 Å². The van der Waals surface area contributed by atoms with Crippen molar-refractivity contribution in [1.29, 1.82) is 0 Å². The van der Waals surface area contributed by atoms with Crippen molar-refractivity contribution in [2.75, 3.05) is 0 Å². The van der Waals surface area contributed by atoms with E-state index >= 15 is 0 Å². The first-order valence-corrected chi connectivity index (χ1v) is 4.11. The molecule has 2 nitrogen and oxygen atoms in total. The lowest BCUT2D eigenvalue weighted by Gasteiger charge is -1.99. The van der Waals surface area contributed by atoms with E-state index in [1.165, 1.54) is 11.1 Å². The normalized spacial score (nSPS) is 13.3. The lowest BCUT2D eigenvalue weighted by Crippen LogP contribution is -2.00. The van der Waals surface area contributed by atoms with Gasteiger partial charge in [-0.2, -0.15) is 0 Å². The van der Waals surface area contributed by atoms with Crippen LogP contribution in [0.15, 0.2) is 18.2 Å². The summed E-state index contributed by atoms with van der Waals surface area (Å²) in [7, 11) is 0. The smallest absolute Gasteiger partial charge is 0.159 e. The van der Waals surface area contributed by atoms with Crippen LogP contribution in [0.3, 0.4) is 0 Å². The quantitative estimate of drug-likeness (QED) is 0.697. The van der Waals surface area contributed by atoms with Crippen molar-refractivity contribution in [3.05, 3.63) is 34.9 Å². The van der Waals surface area contributed by atoms with E-state index in [9.17, 15) is 4.79 Å². The van der Waals surface area contributed by atoms with E-state index in [2.05, 4.69) is 5.32 Å². The molecule has 1 aliphatic heterocycles. The molecule has 3 heteroatoms. The molecule has 0 amide bonds. The molecule has 2 rings (SSSR count). The van der Waals surface area contributed by atoms with E-state index in [0.717, 1.165) is 18.7 Å². The van der Waals surface area contributed by atoms with Crippen molar-refractivity contribution in [2.45, 2.75) is 20.0 Å². The minimum absolute atomic E-state index is 0. The second kappa shape index (κ2) is 3.90. The van der Waals surface area contributed by atoms with E-state index in [1.54, 1.807) is 6.92 Å². The molecule has 1 heterocycles. The molecule has 1 N–H and O–H groups in total. The van der Waals surface area contributed by atoms with Crippen LogP contribution < -0.4 is 5.32 Å². The zero-order valence-electron chi connectivity index (χ0n) is 7.46. The monoisotopic (exact) mass is 197 g/mol. The van der Waals surface area contributed by atoms with Gasteiger partial charge in [0.2, 0.25) is 0 Å². The minimum Gasteiger partial charge on any atom is -0.309 e. The highest BCUT2D eigenvalue weighted by atomic mass is 35.5. The van der Waals surface area contributed by atoms with Gasteiger partial charge >= 0.3 is 0 Å². The Labute approximate surface area is 83.7 Å². The molecule has 0 aliphatic carbocycles. The summed E-state index contributed by atoms with van der Waals surface area (Å²) in [5, 5.41) is 3.24. The SMILES string of the molecule is CC(=O)c1ccc2c(c1)CNC2.Cl. The summed E-state index contributed by atoms with van der Waals surface area (Å²) >= 11 is 0. The molecule has 0 radical (unpaired) electrons. The van der Waals surface area contributed by atoms with E-state index < -0.39 is 0 Å². The number of rotatable bonds is 1. The highest BCUT2D eigenvalue weighted by Gasteiger charge is 2.10. The number of carbonyl (C=O) groups excluding carboxylic acids is 1. The summed E-state index contributed by atoms with van der Waals surface area (Å²) in [6.45, 7) is 3.44. The Balaban J connectivity index is 0.000000845. The van der Waals surface area contributed by atoms with E-state index in [4.69, 9.17) is 0 Å². The number of ketones is 1. The van der Waals surface area contributed by atoms with Gasteiger partial charge in [-0.3, -0.25) is 4.79 Å². The third-order valence-electron chi connectivity index (χ3n) is 2.24. The Morgan fingerprint density at radius 1 is 1.31 bits per heavy atom. The maximum Gasteiger partial charge on any atom is 0.159 e. The van der Waals surface area contributed by atoms with Crippen molar-refractivity contribution < 1.29 is 4.79 Å². The van der Waals surface area contributed by atoms with Gasteiger partial charge in [-0.15, -0.1) is 12.4 Å². The molecule has 0 saturated carbocycles. The number of halogens is 1. The maximum atomic E-state index is 11.0. The van der Waals surface area contributed by atoms with Crippen LogP contribution >= 0.6 is 12.4 Å². The fourth-order valence-electron chi connectivity index (χ4n) is 1.51. The Morgan fingerprint density at radius 2 is 2.00 bits per heavy atom. The average molecular weight is 198 g/mol. The van der Waals surface area contributed by atoms with Gasteiger partial charge in [0, 0.05) is 18.7 Å². The molecule has 1 aromatic rings. The number of nitrogens with one attached hydrogen (secondary N) is 1. The van der Waals surface area contributed by atoms with Crippen molar-refractivity contribution in [3.63, 3.8) is 0 Å². The largest absolute Gasteiger partial charge is 0.309 e. The maximum absolute atomic E-state index is 11.0. The number of fused-ring (bicyclic) bond motifs is 1. The van der Waals surface area contributed by atoms with Crippen LogP contribution in [0.1, 0.15) is 28.4 Å². The zero-order valence-corrected chi connectivity index (χ0v) is 8.28. The van der Waals surface area contributed by atoms with Gasteiger partial charge in [0.1, 0.15) is 0 Å². The predicted octanol–water partition coefficient (Wildman–Crippen LogP) is 1.91. The highest BCUT2D eigenvalue weighted by molar-refractivity contribution is 5.94. The number of hydrogen-bond donors (Lipinski definition) is 1. The molecule has 0 saturated heterocycles. The minimum atomic E-state index is 0. The summed E-state index contributed by atoms with van der Waals surface area (Å²) in [5.41, 5.74) is 3.40. The highest BCUT2D eigenvalue weighted by Crippen LogP contribution is 2.16. The summed E-state index contributed by atoms with van der Waals surface area (Å²) in [6.07, 6.45) is 0. The van der Waals surface area contributed by atoms with Crippen molar-refractivity contribution in [3.8, 4) is 0 Å². The lowest BCUT2D eigenvalue weighted by molar-refractivity contribution is 0.101. The summed E-state index contributed by atoms with van der Waals surface area (Å²) in [5.74, 6) is 0.143. The Morgan fingerprint density at radius 3 is 2.69 bits per heavy atom. The first kappa shape index (κ1) is 10.2. The lowest BCUT2D eigenvalue weighted by atomic mass is 10.0. The summed E-state index contributed by atoms with van der Waals surface area (Å²) < 4.78 is 0. The van der Waals surface area contributed by atoms with Crippen LogP contribution in [0.5, 0.6) is 0 Å². The summed E-state index contributed by atoms with van der Waals surface area (Å²) in [4.78, 5) is 11.0. The third kappa shape index (κ3) is 1.90. The number of carbonyl (C=O) groups is 1. The number of hydrogen-bond acceptors (Lipinski definition) is 2. The first-order valence-electron chi connectivity index (χ1n) is 4.11. The van der Waals surface area contributed by atoms with Gasteiger partial charge < -0.3 is 5.32 Å². The van der Waals surface area contributed by atoms with Crippen LogP contribution in [0, 0.1) is 0 Å². The van der Waals surface area contributed by atoms with E-state index in [-0.39, 0.29) is 18.2 Å². The standard InChI is InChI=1S/C10H11NO.ClH/c1-7(12)8-2-3-9-5-11-6-10(9)4-8;/h2-4,11H,5-6H2,1H3;1H. The molecular formula is C10H12ClNO. The molecule has 0 spiro atoms. The van der Waals surface area contributed by atoms with E-state index in [1.807, 2.05) is 18.2 Å². The van der Waals surface area contributed by atoms with Crippen molar-refractivity contribution >= 4 is 18.2 Å². The molecule has 0 atom stereocenters. The van der Waals surface area contributed by atoms with Crippen LogP contribution in [0.4, 0.5) is 0 Å². The molecular weight excluding hydrogens is 186 g/mol. The van der Waals surface area contributed by atoms with Gasteiger partial charge in [0.15, 0.2) is 5.78 Å². The molecule has 0 fully saturated rings. The summed E-state index contributed by atoms with van der Waals surface area (Å²) in [6, 6.07) is 5.91. The topological polar surface area (TPSA) is 29.1 Å². The van der Waals surface area contributed by atoms with Gasteiger partial charge in [0.25, 0.3) is 0 Å². The molecule has 1 aliphatic rings. The van der Waals surface area contributed by atoms with Gasteiger partial charge in [-0.1, -0.05) is 12.1 Å². The Bertz CT molecular complexity index is 336. The number of Topliss-reactive ketones (excluding diaryl/α,β-unsaturated/α-hetero) is 1.